The molecule has 0 heterocycles. The normalized spacial score (nSPS) is 13.5. The molecule has 1 aromatic rings. The lowest BCUT2D eigenvalue weighted by molar-refractivity contribution is 0.342. The van der Waals surface area contributed by atoms with E-state index in [1.807, 2.05) is 30.3 Å². The largest absolute Gasteiger partial charge is 0.392 e. The van der Waals surface area contributed by atoms with Crippen LogP contribution in [0.2, 0.25) is 0 Å². The SMILES string of the molecule is NC(/C=C/CO)c1ccccc1. The summed E-state index contributed by atoms with van der Waals surface area (Å²) >= 11 is 0. The molecule has 0 saturated heterocycles. The Labute approximate surface area is 72.3 Å². The van der Waals surface area contributed by atoms with Gasteiger partial charge >= 0.3 is 0 Å². The molecule has 0 amide bonds. The predicted molar refractivity (Wildman–Crippen MR) is 49.6 cm³/mol. The molecule has 0 fully saturated rings. The van der Waals surface area contributed by atoms with Crippen molar-refractivity contribution in [2.45, 2.75) is 6.04 Å². The lowest BCUT2D eigenvalue weighted by Crippen LogP contribution is -2.06. The molecule has 0 aliphatic heterocycles. The van der Waals surface area contributed by atoms with Gasteiger partial charge < -0.3 is 10.8 Å². The van der Waals surface area contributed by atoms with Crippen LogP contribution in [0.15, 0.2) is 42.5 Å². The number of hydrogen-bond acceptors (Lipinski definition) is 2. The molecule has 1 rings (SSSR count). The lowest BCUT2D eigenvalue weighted by atomic mass is 10.1. The topological polar surface area (TPSA) is 46.2 Å². The van der Waals surface area contributed by atoms with Crippen LogP contribution in [-0.4, -0.2) is 11.7 Å². The van der Waals surface area contributed by atoms with Crippen LogP contribution in [0.1, 0.15) is 11.6 Å². The number of nitrogens with two attached hydrogens (primary N) is 1. The van der Waals surface area contributed by atoms with Crippen LogP contribution in [0, 0.1) is 0 Å². The van der Waals surface area contributed by atoms with Crippen LogP contribution in [0.3, 0.4) is 0 Å². The molecule has 0 radical (unpaired) electrons. The first-order chi connectivity index (χ1) is 5.84. The van der Waals surface area contributed by atoms with Crippen molar-refractivity contribution >= 4 is 0 Å². The summed E-state index contributed by atoms with van der Waals surface area (Å²) in [6, 6.07) is 9.66. The van der Waals surface area contributed by atoms with Gasteiger partial charge in [-0.3, -0.25) is 0 Å². The van der Waals surface area contributed by atoms with Gasteiger partial charge in [-0.1, -0.05) is 42.5 Å². The molecule has 12 heavy (non-hydrogen) atoms. The molecule has 0 saturated carbocycles. The van der Waals surface area contributed by atoms with Gasteiger partial charge in [0.1, 0.15) is 0 Å². The van der Waals surface area contributed by atoms with Gasteiger partial charge in [-0.2, -0.15) is 0 Å². The molecular formula is C10H13NO. The molecule has 64 valence electrons. The third-order valence-electron chi connectivity index (χ3n) is 1.63. The molecule has 2 nitrogen and oxygen atoms in total. The first-order valence-corrected chi connectivity index (χ1v) is 3.92. The highest BCUT2D eigenvalue weighted by Crippen LogP contribution is 2.09. The molecule has 0 aliphatic rings. The molecule has 0 aromatic heterocycles. The summed E-state index contributed by atoms with van der Waals surface area (Å²) in [4.78, 5) is 0. The van der Waals surface area contributed by atoms with E-state index < -0.39 is 0 Å². The molecule has 2 heteroatoms. The van der Waals surface area contributed by atoms with Gasteiger partial charge in [-0.05, 0) is 5.56 Å². The third-order valence-corrected chi connectivity index (χ3v) is 1.63. The van der Waals surface area contributed by atoms with Gasteiger partial charge in [0.25, 0.3) is 0 Å². The maximum absolute atomic E-state index is 8.52. The zero-order chi connectivity index (χ0) is 8.81. The third kappa shape index (κ3) is 2.49. The van der Waals surface area contributed by atoms with E-state index in [2.05, 4.69) is 0 Å². The van der Waals surface area contributed by atoms with Gasteiger partial charge in [0, 0.05) is 6.04 Å². The van der Waals surface area contributed by atoms with Crippen molar-refractivity contribution in [3.05, 3.63) is 48.0 Å². The fourth-order valence-electron chi connectivity index (χ4n) is 0.994. The average molecular weight is 163 g/mol. The van der Waals surface area contributed by atoms with E-state index >= 15 is 0 Å². The summed E-state index contributed by atoms with van der Waals surface area (Å²) < 4.78 is 0. The fraction of sp³-hybridized carbons (Fsp3) is 0.200. The second kappa shape index (κ2) is 4.70. The number of hydrogen-bond donors (Lipinski definition) is 2. The van der Waals surface area contributed by atoms with Crippen molar-refractivity contribution in [2.24, 2.45) is 5.73 Å². The van der Waals surface area contributed by atoms with Crippen LogP contribution in [-0.2, 0) is 0 Å². The van der Waals surface area contributed by atoms with E-state index in [0.29, 0.717) is 0 Å². The predicted octanol–water partition coefficient (Wildman–Crippen LogP) is 1.23. The van der Waals surface area contributed by atoms with Gasteiger partial charge in [-0.25, -0.2) is 0 Å². The number of benzene rings is 1. The van der Waals surface area contributed by atoms with Crippen molar-refractivity contribution in [1.82, 2.24) is 0 Å². The summed E-state index contributed by atoms with van der Waals surface area (Å²) in [7, 11) is 0. The van der Waals surface area contributed by atoms with Crippen molar-refractivity contribution in [2.75, 3.05) is 6.61 Å². The van der Waals surface area contributed by atoms with Gasteiger partial charge in [-0.15, -0.1) is 0 Å². The highest BCUT2D eigenvalue weighted by molar-refractivity contribution is 5.22. The Morgan fingerprint density at radius 2 is 2.00 bits per heavy atom. The summed E-state index contributed by atoms with van der Waals surface area (Å²) in [5, 5.41) is 8.52. The summed E-state index contributed by atoms with van der Waals surface area (Å²) in [5.74, 6) is 0. The lowest BCUT2D eigenvalue weighted by Gasteiger charge is -2.05. The molecule has 0 aliphatic carbocycles. The number of aliphatic hydroxyl groups excluding tert-OH is 1. The standard InChI is InChI=1S/C10H13NO/c11-10(7-4-8-12)9-5-2-1-3-6-9/h1-7,10,12H,8,11H2/b7-4+. The molecule has 1 atom stereocenters. The molecule has 0 spiro atoms. The zero-order valence-corrected chi connectivity index (χ0v) is 6.85. The van der Waals surface area contributed by atoms with Crippen LogP contribution >= 0.6 is 0 Å². The second-order valence-electron chi connectivity index (χ2n) is 2.55. The molecule has 1 aromatic carbocycles. The number of aliphatic hydroxyl groups is 1. The van der Waals surface area contributed by atoms with Crippen molar-refractivity contribution in [3.63, 3.8) is 0 Å². The van der Waals surface area contributed by atoms with Crippen LogP contribution in [0.5, 0.6) is 0 Å². The van der Waals surface area contributed by atoms with Crippen LogP contribution in [0.25, 0.3) is 0 Å². The monoisotopic (exact) mass is 163 g/mol. The van der Waals surface area contributed by atoms with E-state index in [-0.39, 0.29) is 12.6 Å². The van der Waals surface area contributed by atoms with Gasteiger partial charge in [0.15, 0.2) is 0 Å². The highest BCUT2D eigenvalue weighted by atomic mass is 16.2. The Kier molecular flexibility index (Phi) is 3.51. The quantitative estimate of drug-likeness (QED) is 0.658. The van der Waals surface area contributed by atoms with E-state index in [4.69, 9.17) is 10.8 Å². The molecule has 1 unspecified atom stereocenters. The maximum atomic E-state index is 8.52. The van der Waals surface area contributed by atoms with Crippen molar-refractivity contribution < 1.29 is 5.11 Å². The summed E-state index contributed by atoms with van der Waals surface area (Å²) in [6.07, 6.45) is 3.44. The average Bonchev–Trinajstić information content (AvgIpc) is 2.15. The molecule has 3 N–H and O–H groups in total. The van der Waals surface area contributed by atoms with Crippen molar-refractivity contribution in [1.29, 1.82) is 0 Å². The number of rotatable bonds is 3. The summed E-state index contributed by atoms with van der Waals surface area (Å²) in [6.45, 7) is 0.0422. The molecule has 0 bridgehead atoms. The van der Waals surface area contributed by atoms with E-state index in [9.17, 15) is 0 Å². The Morgan fingerprint density at radius 1 is 1.33 bits per heavy atom. The highest BCUT2D eigenvalue weighted by Gasteiger charge is 1.97. The Bertz CT molecular complexity index is 243. The van der Waals surface area contributed by atoms with E-state index in [1.54, 1.807) is 12.2 Å². The first kappa shape index (κ1) is 8.97. The van der Waals surface area contributed by atoms with E-state index in [0.717, 1.165) is 5.56 Å². The van der Waals surface area contributed by atoms with Gasteiger partial charge in [0.2, 0.25) is 0 Å². The minimum Gasteiger partial charge on any atom is -0.392 e. The fourth-order valence-corrected chi connectivity index (χ4v) is 0.994. The van der Waals surface area contributed by atoms with Crippen LogP contribution < -0.4 is 5.73 Å². The minimum absolute atomic E-state index is 0.0422. The van der Waals surface area contributed by atoms with E-state index in [1.165, 1.54) is 0 Å². The minimum atomic E-state index is -0.113. The smallest absolute Gasteiger partial charge is 0.0613 e. The Morgan fingerprint density at radius 3 is 2.58 bits per heavy atom. The Balaban J connectivity index is 2.65. The Hall–Kier alpha value is -1.12. The first-order valence-electron chi connectivity index (χ1n) is 3.92. The maximum Gasteiger partial charge on any atom is 0.0613 e. The summed E-state index contributed by atoms with van der Waals surface area (Å²) in [5.41, 5.74) is 6.84. The second-order valence-corrected chi connectivity index (χ2v) is 2.55. The van der Waals surface area contributed by atoms with Crippen molar-refractivity contribution in [3.8, 4) is 0 Å². The molecular weight excluding hydrogens is 150 g/mol. The van der Waals surface area contributed by atoms with Gasteiger partial charge in [0.05, 0.1) is 6.61 Å². The van der Waals surface area contributed by atoms with Crippen LogP contribution in [0.4, 0.5) is 0 Å². The zero-order valence-electron chi connectivity index (χ0n) is 6.85.